The second kappa shape index (κ2) is 3.68. The molecule has 0 atom stereocenters. The van der Waals surface area contributed by atoms with Gasteiger partial charge in [-0.2, -0.15) is 0 Å². The number of pyridine rings is 1. The largest absolute Gasteiger partial charge is 0.299 e. The van der Waals surface area contributed by atoms with Gasteiger partial charge >= 0.3 is 0 Å². The molecule has 86 valence electrons. The minimum absolute atomic E-state index is 1.08. The molecule has 0 spiro atoms. The van der Waals surface area contributed by atoms with E-state index in [9.17, 15) is 0 Å². The van der Waals surface area contributed by atoms with Gasteiger partial charge in [0, 0.05) is 17.3 Å². The van der Waals surface area contributed by atoms with Crippen LogP contribution in [0.1, 0.15) is 0 Å². The molecule has 0 N–H and O–H groups in total. The third-order valence-electron chi connectivity index (χ3n) is 3.14. The van der Waals surface area contributed by atoms with Gasteiger partial charge in [-0.1, -0.05) is 18.2 Å². The lowest BCUT2D eigenvalue weighted by atomic mass is 10.3. The maximum Gasteiger partial charge on any atom is 0.110 e. The van der Waals surface area contributed by atoms with E-state index in [2.05, 4.69) is 51.3 Å². The smallest absolute Gasteiger partial charge is 0.110 e. The Hall–Kier alpha value is -2.13. The minimum Gasteiger partial charge on any atom is -0.299 e. The summed E-state index contributed by atoms with van der Waals surface area (Å²) in [4.78, 5) is 5.77. The minimum atomic E-state index is 1.08. The van der Waals surface area contributed by atoms with Crippen molar-refractivity contribution in [3.05, 3.63) is 60.1 Å². The molecular weight excluding hydrogens is 240 g/mol. The predicted molar refractivity (Wildman–Crippen MR) is 76.5 cm³/mol. The molecule has 0 bridgehead atoms. The molecule has 4 rings (SSSR count). The zero-order valence-corrected chi connectivity index (χ0v) is 10.4. The van der Waals surface area contributed by atoms with Crippen molar-refractivity contribution >= 4 is 32.6 Å². The molecule has 3 heteroatoms. The van der Waals surface area contributed by atoms with E-state index >= 15 is 0 Å². The summed E-state index contributed by atoms with van der Waals surface area (Å²) in [5.41, 5.74) is 3.44. The van der Waals surface area contributed by atoms with Gasteiger partial charge < -0.3 is 0 Å². The number of fused-ring (bicyclic) bond motifs is 3. The Morgan fingerprint density at radius 2 is 1.83 bits per heavy atom. The van der Waals surface area contributed by atoms with Crippen LogP contribution in [-0.2, 0) is 0 Å². The molecule has 18 heavy (non-hydrogen) atoms. The van der Waals surface area contributed by atoms with Gasteiger partial charge in [0.1, 0.15) is 4.83 Å². The number of rotatable bonds is 1. The van der Waals surface area contributed by atoms with Gasteiger partial charge in [-0.3, -0.25) is 9.55 Å². The van der Waals surface area contributed by atoms with Crippen LogP contribution in [0.15, 0.2) is 60.1 Å². The summed E-state index contributed by atoms with van der Waals surface area (Å²) in [7, 11) is 0. The van der Waals surface area contributed by atoms with Crippen molar-refractivity contribution in [3.63, 3.8) is 0 Å². The first-order valence-corrected chi connectivity index (χ1v) is 6.71. The second-order valence-corrected chi connectivity index (χ2v) is 5.08. The second-order valence-electron chi connectivity index (χ2n) is 4.18. The number of benzene rings is 1. The molecule has 1 aromatic carbocycles. The first kappa shape index (κ1) is 9.85. The van der Waals surface area contributed by atoms with Crippen LogP contribution in [0.3, 0.4) is 0 Å². The van der Waals surface area contributed by atoms with Crippen molar-refractivity contribution in [1.29, 1.82) is 0 Å². The van der Waals surface area contributed by atoms with Crippen LogP contribution in [0.25, 0.3) is 26.9 Å². The monoisotopic (exact) mass is 250 g/mol. The molecular formula is C15H10N2S. The highest BCUT2D eigenvalue weighted by atomic mass is 32.1. The van der Waals surface area contributed by atoms with Gasteiger partial charge in [-0.05, 0) is 35.7 Å². The molecule has 0 aliphatic heterocycles. The van der Waals surface area contributed by atoms with E-state index in [4.69, 9.17) is 0 Å². The van der Waals surface area contributed by atoms with Gasteiger partial charge in [-0.15, -0.1) is 11.3 Å². The van der Waals surface area contributed by atoms with Gasteiger partial charge in [0.05, 0.1) is 11.0 Å². The van der Waals surface area contributed by atoms with Crippen molar-refractivity contribution in [2.75, 3.05) is 0 Å². The lowest BCUT2D eigenvalue weighted by molar-refractivity contribution is 1.19. The van der Waals surface area contributed by atoms with E-state index in [1.165, 1.54) is 21.4 Å². The Balaban J connectivity index is 2.22. The van der Waals surface area contributed by atoms with Crippen LogP contribution in [-0.4, -0.2) is 9.55 Å². The summed E-state index contributed by atoms with van der Waals surface area (Å²) >= 11 is 1.76. The summed E-state index contributed by atoms with van der Waals surface area (Å²) in [6.07, 6.45) is 1.86. The SMILES string of the molecule is c1ccc(-n2c3cccnc3c3ccsc32)cc1. The zero-order chi connectivity index (χ0) is 11.9. The summed E-state index contributed by atoms with van der Waals surface area (Å²) < 4.78 is 2.28. The topological polar surface area (TPSA) is 17.8 Å². The molecule has 0 aliphatic rings. The van der Waals surface area contributed by atoms with Gasteiger partial charge in [0.15, 0.2) is 0 Å². The number of para-hydroxylation sites is 1. The molecule has 3 heterocycles. The van der Waals surface area contributed by atoms with E-state index in [0.717, 1.165) is 5.52 Å². The van der Waals surface area contributed by atoms with Crippen LogP contribution >= 0.6 is 11.3 Å². The molecule has 2 nitrogen and oxygen atoms in total. The van der Waals surface area contributed by atoms with Crippen molar-refractivity contribution < 1.29 is 0 Å². The molecule has 4 aromatic rings. The van der Waals surface area contributed by atoms with Crippen LogP contribution in [0, 0.1) is 0 Å². The standard InChI is InChI=1S/C15H10N2S/c1-2-5-11(6-3-1)17-13-7-4-9-16-14(13)12-8-10-18-15(12)17/h1-10H. The van der Waals surface area contributed by atoms with E-state index in [-0.39, 0.29) is 0 Å². The lowest BCUT2D eigenvalue weighted by Crippen LogP contribution is -1.91. The fourth-order valence-corrected chi connectivity index (χ4v) is 3.32. The molecule has 3 aromatic heterocycles. The van der Waals surface area contributed by atoms with Crippen LogP contribution in [0.5, 0.6) is 0 Å². The summed E-state index contributed by atoms with van der Waals surface area (Å²) in [5.74, 6) is 0. The molecule has 0 amide bonds. The average molecular weight is 250 g/mol. The van der Waals surface area contributed by atoms with E-state index < -0.39 is 0 Å². The maximum absolute atomic E-state index is 4.51. The van der Waals surface area contributed by atoms with Crippen molar-refractivity contribution in [2.24, 2.45) is 0 Å². The Kier molecular flexibility index (Phi) is 2.02. The summed E-state index contributed by atoms with van der Waals surface area (Å²) in [6.45, 7) is 0. The van der Waals surface area contributed by atoms with Crippen molar-refractivity contribution in [1.82, 2.24) is 9.55 Å². The Morgan fingerprint density at radius 1 is 0.944 bits per heavy atom. The zero-order valence-electron chi connectivity index (χ0n) is 9.58. The van der Waals surface area contributed by atoms with Gasteiger partial charge in [0.25, 0.3) is 0 Å². The van der Waals surface area contributed by atoms with E-state index in [1.807, 2.05) is 18.3 Å². The number of thiophene rings is 1. The number of hydrogen-bond acceptors (Lipinski definition) is 2. The van der Waals surface area contributed by atoms with Gasteiger partial charge in [-0.25, -0.2) is 0 Å². The van der Waals surface area contributed by atoms with Gasteiger partial charge in [0.2, 0.25) is 0 Å². The van der Waals surface area contributed by atoms with Crippen molar-refractivity contribution in [3.8, 4) is 5.69 Å². The highest BCUT2D eigenvalue weighted by Crippen LogP contribution is 2.33. The predicted octanol–water partition coefficient (Wildman–Crippen LogP) is 4.24. The molecule has 0 radical (unpaired) electrons. The first-order chi connectivity index (χ1) is 8.95. The number of nitrogens with zero attached hydrogens (tertiary/aromatic N) is 2. The molecule has 0 aliphatic carbocycles. The normalized spacial score (nSPS) is 11.3. The van der Waals surface area contributed by atoms with E-state index in [1.54, 1.807) is 11.3 Å². The number of aromatic nitrogens is 2. The molecule has 0 unspecified atom stereocenters. The van der Waals surface area contributed by atoms with E-state index in [0.29, 0.717) is 0 Å². The Labute approximate surface area is 108 Å². The average Bonchev–Trinajstić information content (AvgIpc) is 2.99. The highest BCUT2D eigenvalue weighted by molar-refractivity contribution is 7.17. The Bertz CT molecular complexity index is 827. The maximum atomic E-state index is 4.51. The third-order valence-corrected chi connectivity index (χ3v) is 4.04. The molecule has 0 saturated carbocycles. The fraction of sp³-hybridized carbons (Fsp3) is 0. The fourth-order valence-electron chi connectivity index (χ4n) is 2.38. The lowest BCUT2D eigenvalue weighted by Gasteiger charge is -2.05. The van der Waals surface area contributed by atoms with Crippen LogP contribution in [0.2, 0.25) is 0 Å². The third kappa shape index (κ3) is 1.25. The highest BCUT2D eigenvalue weighted by Gasteiger charge is 2.12. The molecule has 0 fully saturated rings. The number of hydrogen-bond donors (Lipinski definition) is 0. The van der Waals surface area contributed by atoms with Crippen LogP contribution < -0.4 is 0 Å². The first-order valence-electron chi connectivity index (χ1n) is 5.83. The van der Waals surface area contributed by atoms with Crippen LogP contribution in [0.4, 0.5) is 0 Å². The Morgan fingerprint density at radius 3 is 2.72 bits per heavy atom. The quantitative estimate of drug-likeness (QED) is 0.494. The molecule has 0 saturated heterocycles. The summed E-state index contributed by atoms with van der Waals surface area (Å²) in [5, 5.41) is 3.36. The summed E-state index contributed by atoms with van der Waals surface area (Å²) in [6, 6.07) is 16.7. The van der Waals surface area contributed by atoms with Crippen molar-refractivity contribution in [2.45, 2.75) is 0 Å².